The topological polar surface area (TPSA) is 92.9 Å². The molecule has 0 aliphatic carbocycles. The van der Waals surface area contributed by atoms with Gasteiger partial charge in [-0.3, -0.25) is 14.5 Å². The van der Waals surface area contributed by atoms with Gasteiger partial charge in [-0.1, -0.05) is 77.8 Å². The summed E-state index contributed by atoms with van der Waals surface area (Å²) in [6, 6.07) is 26.8. The molecule has 1 unspecified atom stereocenters. The van der Waals surface area contributed by atoms with Crippen LogP contribution in [-0.4, -0.2) is 16.8 Å². The molecule has 8 heteroatoms. The van der Waals surface area contributed by atoms with E-state index in [1.165, 1.54) is 11.0 Å². The van der Waals surface area contributed by atoms with Crippen molar-refractivity contribution in [2.45, 2.75) is 12.6 Å². The van der Waals surface area contributed by atoms with Crippen LogP contribution in [0.1, 0.15) is 22.7 Å². The van der Waals surface area contributed by atoms with Crippen LogP contribution in [0.4, 0.5) is 11.4 Å². The van der Waals surface area contributed by atoms with Crippen molar-refractivity contribution in [2.75, 3.05) is 10.6 Å². The van der Waals surface area contributed by atoms with Crippen LogP contribution in [0.3, 0.4) is 0 Å². The van der Waals surface area contributed by atoms with Crippen molar-refractivity contribution in [3.05, 3.63) is 129 Å². The van der Waals surface area contributed by atoms with Crippen molar-refractivity contribution in [2.24, 2.45) is 0 Å². The predicted molar refractivity (Wildman–Crippen MR) is 149 cm³/mol. The van der Waals surface area contributed by atoms with E-state index in [-0.39, 0.29) is 16.4 Å². The molecule has 190 valence electrons. The first kappa shape index (κ1) is 25.4. The highest BCUT2D eigenvalue weighted by atomic mass is 35.5. The minimum atomic E-state index is -0.930. The van der Waals surface area contributed by atoms with Gasteiger partial charge in [0, 0.05) is 22.0 Å². The van der Waals surface area contributed by atoms with Gasteiger partial charge >= 0.3 is 0 Å². The Morgan fingerprint density at radius 3 is 2.32 bits per heavy atom. The number of aliphatic hydroxyl groups excluding tert-OH is 1. The highest BCUT2D eigenvalue weighted by Crippen LogP contribution is 2.44. The summed E-state index contributed by atoms with van der Waals surface area (Å²) in [7, 11) is 0. The summed E-state index contributed by atoms with van der Waals surface area (Å²) < 4.78 is 5.86. The molecule has 6 nitrogen and oxygen atoms in total. The third-order valence-electron chi connectivity index (χ3n) is 6.22. The molecule has 1 aliphatic heterocycles. The van der Waals surface area contributed by atoms with Crippen molar-refractivity contribution in [3.63, 3.8) is 0 Å². The summed E-state index contributed by atoms with van der Waals surface area (Å²) in [5.74, 6) is -1.53. The Morgan fingerprint density at radius 1 is 0.895 bits per heavy atom. The minimum Gasteiger partial charge on any atom is -0.507 e. The highest BCUT2D eigenvalue weighted by Gasteiger charge is 2.47. The normalized spacial score (nSPS) is 16.6. The molecule has 0 saturated carbocycles. The van der Waals surface area contributed by atoms with E-state index in [0.29, 0.717) is 39.9 Å². The number of nitrogens with zero attached hydrogens (tertiary/aromatic N) is 1. The Balaban J connectivity index is 1.57. The summed E-state index contributed by atoms with van der Waals surface area (Å²) in [5, 5.41) is 12.0. The van der Waals surface area contributed by atoms with Crippen molar-refractivity contribution in [3.8, 4) is 5.75 Å². The average molecular weight is 545 g/mol. The van der Waals surface area contributed by atoms with Gasteiger partial charge in [0.2, 0.25) is 0 Å². The Bertz CT molecular complexity index is 1550. The smallest absolute Gasteiger partial charge is 0.300 e. The maximum atomic E-state index is 13.4. The van der Waals surface area contributed by atoms with Gasteiger partial charge in [-0.05, 0) is 53.6 Å². The zero-order chi connectivity index (χ0) is 26.8. The second-order valence-electron chi connectivity index (χ2n) is 8.74. The van der Waals surface area contributed by atoms with Crippen LogP contribution in [0.15, 0.2) is 103 Å². The number of hydrogen-bond acceptors (Lipinski definition) is 5. The van der Waals surface area contributed by atoms with Crippen LogP contribution in [0, 0.1) is 0 Å². The number of benzene rings is 4. The number of ether oxygens (including phenoxy) is 1. The lowest BCUT2D eigenvalue weighted by atomic mass is 9.95. The summed E-state index contributed by atoms with van der Waals surface area (Å²) in [6.07, 6.45) is 0. The number of aliphatic hydroxyl groups is 1. The predicted octanol–water partition coefficient (Wildman–Crippen LogP) is 6.78. The zero-order valence-electron chi connectivity index (χ0n) is 20.0. The number of rotatable bonds is 6. The van der Waals surface area contributed by atoms with E-state index in [2.05, 4.69) is 0 Å². The minimum absolute atomic E-state index is 0.0663. The van der Waals surface area contributed by atoms with E-state index in [1.807, 2.05) is 30.3 Å². The number of anilines is 2. The molecule has 1 saturated heterocycles. The summed E-state index contributed by atoms with van der Waals surface area (Å²) >= 11 is 12.6. The number of carbonyl (C=O) groups excluding carboxylic acids is 2. The van der Waals surface area contributed by atoms with E-state index < -0.39 is 17.7 Å². The molecule has 1 heterocycles. The van der Waals surface area contributed by atoms with Crippen LogP contribution in [-0.2, 0) is 16.2 Å². The number of nitrogens with two attached hydrogens (primary N) is 1. The number of amides is 1. The first-order chi connectivity index (χ1) is 18.3. The van der Waals surface area contributed by atoms with Gasteiger partial charge in [0.1, 0.15) is 18.1 Å². The van der Waals surface area contributed by atoms with Gasteiger partial charge in [0.05, 0.1) is 16.6 Å². The second-order valence-corrected chi connectivity index (χ2v) is 9.58. The maximum Gasteiger partial charge on any atom is 0.300 e. The fourth-order valence-electron chi connectivity index (χ4n) is 4.39. The molecule has 0 spiro atoms. The van der Waals surface area contributed by atoms with Crippen molar-refractivity contribution < 1.29 is 19.4 Å². The second kappa shape index (κ2) is 10.6. The third kappa shape index (κ3) is 4.96. The summed E-state index contributed by atoms with van der Waals surface area (Å²) in [5.41, 5.74) is 8.49. The molecule has 3 N–H and O–H groups in total. The van der Waals surface area contributed by atoms with E-state index >= 15 is 0 Å². The van der Waals surface area contributed by atoms with E-state index in [0.717, 1.165) is 5.56 Å². The van der Waals surface area contributed by atoms with E-state index in [1.54, 1.807) is 60.7 Å². The first-order valence-electron chi connectivity index (χ1n) is 11.7. The lowest BCUT2D eigenvalue weighted by molar-refractivity contribution is -0.132. The van der Waals surface area contributed by atoms with Gasteiger partial charge < -0.3 is 15.6 Å². The van der Waals surface area contributed by atoms with Crippen LogP contribution >= 0.6 is 23.2 Å². The molecule has 1 aliphatic rings. The van der Waals surface area contributed by atoms with Gasteiger partial charge in [0.25, 0.3) is 11.7 Å². The molecule has 38 heavy (non-hydrogen) atoms. The van der Waals surface area contributed by atoms with Gasteiger partial charge in [-0.15, -0.1) is 0 Å². The quantitative estimate of drug-likeness (QED) is 0.121. The molecule has 4 aromatic carbocycles. The number of nitrogen functional groups attached to an aromatic ring is 1. The lowest BCUT2D eigenvalue weighted by Crippen LogP contribution is -2.29. The van der Waals surface area contributed by atoms with E-state index in [4.69, 9.17) is 33.7 Å². The molecule has 1 atom stereocenters. The largest absolute Gasteiger partial charge is 0.507 e. The number of Topliss-reactive ketones (excluding diaryl/α,β-unsaturated/α-hetero) is 1. The van der Waals surface area contributed by atoms with Gasteiger partial charge in [-0.2, -0.15) is 0 Å². The molecule has 0 bridgehead atoms. The van der Waals surface area contributed by atoms with Crippen LogP contribution in [0.25, 0.3) is 5.76 Å². The molecule has 4 aromatic rings. The SMILES string of the molecule is Nc1cccc(C(O)=C2C(=O)C(=O)N(c3ccc(OCc4ccccc4)c(Cl)c3)C2c2ccc(Cl)cc2)c1. The summed E-state index contributed by atoms with van der Waals surface area (Å²) in [6.45, 7) is 0.315. The van der Waals surface area contributed by atoms with Crippen LogP contribution in [0.5, 0.6) is 5.75 Å². The number of hydrogen-bond donors (Lipinski definition) is 2. The van der Waals surface area contributed by atoms with Crippen LogP contribution in [0.2, 0.25) is 10.0 Å². The Labute approximate surface area is 229 Å². The fraction of sp³-hybridized carbons (Fsp3) is 0.0667. The molecular formula is C30H22Cl2N2O4. The molecular weight excluding hydrogens is 523 g/mol. The molecule has 1 amide bonds. The Morgan fingerprint density at radius 2 is 1.63 bits per heavy atom. The van der Waals surface area contributed by atoms with E-state index in [9.17, 15) is 14.7 Å². The summed E-state index contributed by atoms with van der Waals surface area (Å²) in [4.78, 5) is 28.0. The number of ketones is 1. The third-order valence-corrected chi connectivity index (χ3v) is 6.77. The Hall–Kier alpha value is -4.26. The molecule has 1 fully saturated rings. The highest BCUT2D eigenvalue weighted by molar-refractivity contribution is 6.52. The first-order valence-corrected chi connectivity index (χ1v) is 12.5. The van der Waals surface area contributed by atoms with Gasteiger partial charge in [-0.25, -0.2) is 0 Å². The Kier molecular flexibility index (Phi) is 7.09. The average Bonchev–Trinajstić information content (AvgIpc) is 3.18. The van der Waals surface area contributed by atoms with Crippen molar-refractivity contribution in [1.82, 2.24) is 0 Å². The molecule has 0 radical (unpaired) electrons. The van der Waals surface area contributed by atoms with Crippen LogP contribution < -0.4 is 15.4 Å². The van der Waals surface area contributed by atoms with Crippen molar-refractivity contribution in [1.29, 1.82) is 0 Å². The lowest BCUT2D eigenvalue weighted by Gasteiger charge is -2.26. The zero-order valence-corrected chi connectivity index (χ0v) is 21.5. The number of halogens is 2. The maximum absolute atomic E-state index is 13.4. The molecule has 5 rings (SSSR count). The standard InChI is InChI=1S/C30H22Cl2N2O4/c31-21-11-9-19(10-12-21)27-26(28(35)20-7-4-8-22(33)15-20)29(36)30(37)34(27)23-13-14-25(24(32)16-23)38-17-18-5-2-1-3-6-18/h1-16,27,35H,17,33H2. The fourth-order valence-corrected chi connectivity index (χ4v) is 4.75. The van der Waals surface area contributed by atoms with Crippen molar-refractivity contribution >= 4 is 52.0 Å². The monoisotopic (exact) mass is 544 g/mol. The van der Waals surface area contributed by atoms with Gasteiger partial charge in [0.15, 0.2) is 0 Å². The number of carbonyl (C=O) groups is 2. The molecule has 0 aromatic heterocycles.